The molecule has 0 amide bonds. The molecule has 0 heterocycles. The van der Waals surface area contributed by atoms with Gasteiger partial charge in [-0.05, 0) is 66.4 Å². The molecule has 0 bridgehead atoms. The van der Waals surface area contributed by atoms with E-state index in [1.54, 1.807) is 6.08 Å². The van der Waals surface area contributed by atoms with Crippen molar-refractivity contribution in [2.45, 2.75) is 57.7 Å². The van der Waals surface area contributed by atoms with Gasteiger partial charge in [0.1, 0.15) is 5.60 Å². The van der Waals surface area contributed by atoms with Crippen LogP contribution in [0.2, 0.25) is 0 Å². The third kappa shape index (κ3) is 1.46. The number of rotatable bonds is 0. The molecule has 6 atom stereocenters. The van der Waals surface area contributed by atoms with Crippen LogP contribution in [-0.2, 0) is 4.79 Å². The first kappa shape index (κ1) is 13.0. The zero-order chi connectivity index (χ0) is 14.3. The van der Waals surface area contributed by atoms with Gasteiger partial charge >= 0.3 is 0 Å². The largest absolute Gasteiger partial charge is 0.390 e. The molecule has 0 aromatic carbocycles. The van der Waals surface area contributed by atoms with Crippen molar-refractivity contribution in [2.24, 2.45) is 29.1 Å². The molecule has 4 rings (SSSR count). The second-order valence-electron chi connectivity index (χ2n) is 8.06. The minimum atomic E-state index is -1.26. The number of hydrogen-bond acceptors (Lipinski definition) is 3. The molecule has 3 saturated carbocycles. The lowest BCUT2D eigenvalue weighted by Gasteiger charge is -2.35. The minimum Gasteiger partial charge on any atom is -0.390 e. The van der Waals surface area contributed by atoms with E-state index in [1.807, 2.05) is 0 Å². The Balaban J connectivity index is 1.75. The number of ketones is 1. The molecule has 3 heteroatoms. The van der Waals surface area contributed by atoms with Crippen LogP contribution in [0.5, 0.6) is 0 Å². The zero-order valence-electron chi connectivity index (χ0n) is 12.3. The molecule has 0 aromatic heterocycles. The number of fused-ring (bicyclic) bond motifs is 5. The first-order valence-corrected chi connectivity index (χ1v) is 8.01. The fourth-order valence-corrected chi connectivity index (χ4v) is 5.82. The highest BCUT2D eigenvalue weighted by Gasteiger charge is 2.65. The molecule has 3 fully saturated rings. The average Bonchev–Trinajstić information content (AvgIpc) is 2.82. The molecule has 6 unspecified atom stereocenters. The summed E-state index contributed by atoms with van der Waals surface area (Å²) in [5.74, 6) is 2.37. The third-order valence-electron chi connectivity index (χ3n) is 6.89. The maximum absolute atomic E-state index is 11.8. The summed E-state index contributed by atoms with van der Waals surface area (Å²) in [4.78, 5) is 11.8. The monoisotopic (exact) mass is 276 g/mol. The van der Waals surface area contributed by atoms with E-state index in [0.29, 0.717) is 29.6 Å². The number of carbonyl (C=O) groups is 1. The highest BCUT2D eigenvalue weighted by atomic mass is 16.3. The van der Waals surface area contributed by atoms with Gasteiger partial charge in [-0.15, -0.1) is 0 Å². The van der Waals surface area contributed by atoms with E-state index in [2.05, 4.69) is 13.8 Å². The van der Waals surface area contributed by atoms with Gasteiger partial charge in [0.25, 0.3) is 0 Å². The van der Waals surface area contributed by atoms with Gasteiger partial charge in [-0.25, -0.2) is 0 Å². The number of aliphatic hydroxyl groups is 2. The van der Waals surface area contributed by atoms with Crippen molar-refractivity contribution in [1.29, 1.82) is 0 Å². The van der Waals surface area contributed by atoms with Crippen molar-refractivity contribution in [3.8, 4) is 0 Å². The fraction of sp³-hybridized carbons (Fsp3) is 0.824. The lowest BCUT2D eigenvalue weighted by Crippen LogP contribution is -2.43. The SMILES string of the molecule is CC1(C)C2CCC3C4=CC(=O)CC4(O)C(O)CCC3C21. The standard InChI is InChI=1S/C17H24O3/c1-16(2)12-5-3-10-11(15(12)16)4-6-14(19)17(20)8-9(18)7-13(10)17/h7,10-12,14-15,19-20H,3-6,8H2,1-2H3. The Bertz CT molecular complexity index is 506. The van der Waals surface area contributed by atoms with E-state index in [-0.39, 0.29) is 12.2 Å². The van der Waals surface area contributed by atoms with Gasteiger partial charge in [0.2, 0.25) is 0 Å². The second kappa shape index (κ2) is 3.75. The summed E-state index contributed by atoms with van der Waals surface area (Å²) in [7, 11) is 0. The predicted molar refractivity (Wildman–Crippen MR) is 74.9 cm³/mol. The number of carbonyl (C=O) groups excluding carboxylic acids is 1. The quantitative estimate of drug-likeness (QED) is 0.712. The number of allylic oxidation sites excluding steroid dienone is 1. The number of hydrogen-bond donors (Lipinski definition) is 2. The molecule has 3 nitrogen and oxygen atoms in total. The van der Waals surface area contributed by atoms with Gasteiger partial charge < -0.3 is 10.2 Å². The summed E-state index contributed by atoms with van der Waals surface area (Å²) in [6.07, 6.45) is 4.86. The Hall–Kier alpha value is -0.670. The molecule has 0 spiro atoms. The Labute approximate surface area is 120 Å². The third-order valence-corrected chi connectivity index (χ3v) is 6.89. The van der Waals surface area contributed by atoms with Crippen LogP contribution < -0.4 is 0 Å². The van der Waals surface area contributed by atoms with Crippen LogP contribution in [-0.4, -0.2) is 27.7 Å². The van der Waals surface area contributed by atoms with Gasteiger partial charge in [0.05, 0.1) is 6.10 Å². The average molecular weight is 276 g/mol. The van der Waals surface area contributed by atoms with Crippen LogP contribution in [0.1, 0.15) is 46.0 Å². The second-order valence-corrected chi connectivity index (χ2v) is 8.06. The molecule has 2 N–H and O–H groups in total. The summed E-state index contributed by atoms with van der Waals surface area (Å²) < 4.78 is 0. The van der Waals surface area contributed by atoms with Crippen molar-refractivity contribution in [2.75, 3.05) is 0 Å². The molecule has 4 aliphatic carbocycles. The molecule has 0 saturated heterocycles. The predicted octanol–water partition coefficient (Wildman–Crippen LogP) is 2.07. The fourth-order valence-electron chi connectivity index (χ4n) is 5.82. The van der Waals surface area contributed by atoms with Crippen LogP contribution in [0.15, 0.2) is 11.6 Å². The van der Waals surface area contributed by atoms with E-state index < -0.39 is 11.7 Å². The summed E-state index contributed by atoms with van der Waals surface area (Å²) in [6.45, 7) is 4.71. The maximum Gasteiger partial charge on any atom is 0.159 e. The number of aliphatic hydroxyl groups excluding tert-OH is 1. The van der Waals surface area contributed by atoms with Gasteiger partial charge in [-0.3, -0.25) is 4.79 Å². The van der Waals surface area contributed by atoms with Crippen LogP contribution >= 0.6 is 0 Å². The van der Waals surface area contributed by atoms with Gasteiger partial charge in [0.15, 0.2) is 5.78 Å². The van der Waals surface area contributed by atoms with E-state index in [4.69, 9.17) is 0 Å². The van der Waals surface area contributed by atoms with Crippen molar-refractivity contribution in [3.05, 3.63) is 11.6 Å². The van der Waals surface area contributed by atoms with E-state index in [1.165, 1.54) is 6.42 Å². The molecule has 110 valence electrons. The lowest BCUT2D eigenvalue weighted by molar-refractivity contribution is -0.120. The summed E-state index contributed by atoms with van der Waals surface area (Å²) in [5.41, 5.74) is 0.0110. The Morgan fingerprint density at radius 3 is 2.70 bits per heavy atom. The van der Waals surface area contributed by atoms with Crippen LogP contribution in [0, 0.1) is 29.1 Å². The van der Waals surface area contributed by atoms with Crippen molar-refractivity contribution in [1.82, 2.24) is 0 Å². The van der Waals surface area contributed by atoms with E-state index in [9.17, 15) is 15.0 Å². The van der Waals surface area contributed by atoms with Crippen LogP contribution in [0.4, 0.5) is 0 Å². The Morgan fingerprint density at radius 1 is 1.20 bits per heavy atom. The van der Waals surface area contributed by atoms with E-state index in [0.717, 1.165) is 24.3 Å². The molecule has 0 radical (unpaired) electrons. The zero-order valence-corrected chi connectivity index (χ0v) is 12.3. The summed E-state index contributed by atoms with van der Waals surface area (Å²) >= 11 is 0. The van der Waals surface area contributed by atoms with Gasteiger partial charge in [-0.1, -0.05) is 13.8 Å². The first-order valence-electron chi connectivity index (χ1n) is 8.01. The molecular formula is C17H24O3. The first-order chi connectivity index (χ1) is 9.35. The molecular weight excluding hydrogens is 252 g/mol. The summed E-state index contributed by atoms with van der Waals surface area (Å²) in [5, 5.41) is 21.2. The van der Waals surface area contributed by atoms with Crippen LogP contribution in [0.3, 0.4) is 0 Å². The molecule has 0 aliphatic heterocycles. The lowest BCUT2D eigenvalue weighted by atomic mass is 9.72. The summed E-state index contributed by atoms with van der Waals surface area (Å²) in [6, 6.07) is 0. The van der Waals surface area contributed by atoms with Gasteiger partial charge in [-0.2, -0.15) is 0 Å². The smallest absolute Gasteiger partial charge is 0.159 e. The normalized spacial score (nSPS) is 52.5. The molecule has 0 aromatic rings. The maximum atomic E-state index is 11.8. The van der Waals surface area contributed by atoms with Crippen LogP contribution in [0.25, 0.3) is 0 Å². The van der Waals surface area contributed by atoms with Crippen molar-refractivity contribution < 1.29 is 15.0 Å². The molecule has 20 heavy (non-hydrogen) atoms. The van der Waals surface area contributed by atoms with Crippen molar-refractivity contribution >= 4 is 5.78 Å². The van der Waals surface area contributed by atoms with E-state index >= 15 is 0 Å². The highest BCUT2D eigenvalue weighted by Crippen LogP contribution is 2.70. The Kier molecular flexibility index (Phi) is 2.44. The topological polar surface area (TPSA) is 57.5 Å². The Morgan fingerprint density at radius 2 is 1.95 bits per heavy atom. The molecule has 4 aliphatic rings. The van der Waals surface area contributed by atoms with Gasteiger partial charge in [0, 0.05) is 6.42 Å². The highest BCUT2D eigenvalue weighted by molar-refractivity contribution is 5.95. The minimum absolute atomic E-state index is 0.0145. The van der Waals surface area contributed by atoms with Crippen molar-refractivity contribution in [3.63, 3.8) is 0 Å².